The van der Waals surface area contributed by atoms with Gasteiger partial charge in [0.15, 0.2) is 5.69 Å². The van der Waals surface area contributed by atoms with Crippen molar-refractivity contribution in [1.29, 1.82) is 0 Å². The topological polar surface area (TPSA) is 69.2 Å². The Labute approximate surface area is 114 Å². The molecule has 0 fully saturated rings. The summed E-state index contributed by atoms with van der Waals surface area (Å²) in [7, 11) is 0. The summed E-state index contributed by atoms with van der Waals surface area (Å²) >= 11 is 6.07. The van der Waals surface area contributed by atoms with Crippen molar-refractivity contribution in [3.8, 4) is 0 Å². The third-order valence-electron chi connectivity index (χ3n) is 2.71. The van der Waals surface area contributed by atoms with Crippen LogP contribution < -0.4 is 0 Å². The molecule has 0 saturated heterocycles. The van der Waals surface area contributed by atoms with Gasteiger partial charge in [0, 0.05) is 5.02 Å². The normalized spacial score (nSPS) is 11.1. The second-order valence-corrected chi connectivity index (χ2v) is 4.45. The maximum Gasteiger partial charge on any atom is 0.338 e. The summed E-state index contributed by atoms with van der Waals surface area (Å²) in [6.07, 6.45) is 3.19. The first-order valence-corrected chi connectivity index (χ1v) is 5.92. The second kappa shape index (κ2) is 5.24. The third-order valence-corrected chi connectivity index (χ3v) is 3.04. The maximum absolute atomic E-state index is 10.9. The van der Waals surface area contributed by atoms with Gasteiger partial charge in [-0.2, -0.15) is 0 Å². The average Bonchev–Trinajstić information content (AvgIpc) is 2.70. The lowest BCUT2D eigenvalue weighted by atomic mass is 10.1. The molecule has 0 unspecified atom stereocenters. The highest BCUT2D eigenvalue weighted by atomic mass is 35.5. The standard InChI is InChI=1S/C13H11ClN2O3/c1-8-4-3-5-11(14)10(8)6-7-12-13(16(17)18)9(2)15-19-12/h3-7H,1-2H3/b7-6+. The Morgan fingerprint density at radius 3 is 2.74 bits per heavy atom. The van der Waals surface area contributed by atoms with Gasteiger partial charge in [-0.15, -0.1) is 0 Å². The fourth-order valence-corrected chi connectivity index (χ4v) is 2.01. The van der Waals surface area contributed by atoms with Gasteiger partial charge >= 0.3 is 5.69 Å². The first kappa shape index (κ1) is 13.3. The van der Waals surface area contributed by atoms with Crippen LogP contribution in [0.15, 0.2) is 22.7 Å². The van der Waals surface area contributed by atoms with Gasteiger partial charge in [-0.05, 0) is 43.2 Å². The number of benzene rings is 1. The lowest BCUT2D eigenvalue weighted by molar-refractivity contribution is -0.386. The van der Waals surface area contributed by atoms with Crippen LogP contribution in [0.4, 0.5) is 5.69 Å². The minimum atomic E-state index is -0.509. The molecule has 0 aliphatic carbocycles. The molecule has 0 bridgehead atoms. The van der Waals surface area contributed by atoms with E-state index in [0.717, 1.165) is 11.1 Å². The van der Waals surface area contributed by atoms with Crippen LogP contribution in [0.5, 0.6) is 0 Å². The van der Waals surface area contributed by atoms with E-state index in [1.807, 2.05) is 19.1 Å². The summed E-state index contributed by atoms with van der Waals surface area (Å²) in [5.74, 6) is 0.113. The summed E-state index contributed by atoms with van der Waals surface area (Å²) < 4.78 is 4.94. The molecule has 0 amide bonds. The van der Waals surface area contributed by atoms with Crippen LogP contribution in [0.1, 0.15) is 22.6 Å². The Bertz CT molecular complexity index is 642. The molecule has 0 atom stereocenters. The predicted octanol–water partition coefficient (Wildman–Crippen LogP) is 4.02. The van der Waals surface area contributed by atoms with E-state index >= 15 is 0 Å². The first-order chi connectivity index (χ1) is 9.00. The van der Waals surface area contributed by atoms with E-state index < -0.39 is 4.92 Å². The Balaban J connectivity index is 2.41. The van der Waals surface area contributed by atoms with Crippen molar-refractivity contribution < 1.29 is 9.45 Å². The molecule has 98 valence electrons. The monoisotopic (exact) mass is 278 g/mol. The van der Waals surface area contributed by atoms with E-state index in [4.69, 9.17) is 16.1 Å². The molecule has 0 N–H and O–H groups in total. The molecule has 0 spiro atoms. The average molecular weight is 279 g/mol. The molecule has 0 aliphatic heterocycles. The molecule has 2 aromatic rings. The van der Waals surface area contributed by atoms with Crippen LogP contribution in [0, 0.1) is 24.0 Å². The molecule has 0 saturated carbocycles. The van der Waals surface area contributed by atoms with E-state index in [0.29, 0.717) is 5.02 Å². The van der Waals surface area contributed by atoms with Gasteiger partial charge in [-0.1, -0.05) is 28.9 Å². The van der Waals surface area contributed by atoms with Crippen molar-refractivity contribution in [3.05, 3.63) is 55.9 Å². The van der Waals surface area contributed by atoms with Crippen molar-refractivity contribution in [2.75, 3.05) is 0 Å². The summed E-state index contributed by atoms with van der Waals surface area (Å²) in [6, 6.07) is 5.51. The van der Waals surface area contributed by atoms with Gasteiger partial charge in [0.25, 0.3) is 0 Å². The molecule has 0 radical (unpaired) electrons. The number of hydrogen-bond acceptors (Lipinski definition) is 4. The van der Waals surface area contributed by atoms with Crippen molar-refractivity contribution in [1.82, 2.24) is 5.16 Å². The quantitative estimate of drug-likeness (QED) is 0.628. The van der Waals surface area contributed by atoms with Crippen LogP contribution in [0.25, 0.3) is 12.2 Å². The number of nitro groups is 1. The summed E-state index contributed by atoms with van der Waals surface area (Å²) in [5.41, 5.74) is 1.90. The summed E-state index contributed by atoms with van der Waals surface area (Å²) in [4.78, 5) is 10.4. The smallest absolute Gasteiger partial charge is 0.338 e. The van der Waals surface area contributed by atoms with Gasteiger partial charge in [0.2, 0.25) is 5.76 Å². The zero-order chi connectivity index (χ0) is 14.0. The molecular formula is C13H11ClN2O3. The van der Waals surface area contributed by atoms with E-state index in [-0.39, 0.29) is 17.1 Å². The van der Waals surface area contributed by atoms with Gasteiger partial charge < -0.3 is 4.52 Å². The highest BCUT2D eigenvalue weighted by molar-refractivity contribution is 6.32. The van der Waals surface area contributed by atoms with Gasteiger partial charge in [0.1, 0.15) is 0 Å². The second-order valence-electron chi connectivity index (χ2n) is 4.04. The van der Waals surface area contributed by atoms with E-state index in [9.17, 15) is 10.1 Å². The Hall–Kier alpha value is -2.14. The number of hydrogen-bond donors (Lipinski definition) is 0. The van der Waals surface area contributed by atoms with Crippen molar-refractivity contribution >= 4 is 29.4 Å². The highest BCUT2D eigenvalue weighted by Gasteiger charge is 2.21. The van der Waals surface area contributed by atoms with Gasteiger partial charge in [-0.25, -0.2) is 0 Å². The Morgan fingerprint density at radius 2 is 2.11 bits per heavy atom. The molecule has 1 heterocycles. The predicted molar refractivity (Wildman–Crippen MR) is 73.0 cm³/mol. The maximum atomic E-state index is 10.9. The number of aryl methyl sites for hydroxylation is 2. The number of aromatic nitrogens is 1. The summed E-state index contributed by atoms with van der Waals surface area (Å²) in [6.45, 7) is 3.44. The molecule has 0 aliphatic rings. The van der Waals surface area contributed by atoms with Crippen molar-refractivity contribution in [3.63, 3.8) is 0 Å². The van der Waals surface area contributed by atoms with Gasteiger partial charge in [-0.3, -0.25) is 10.1 Å². The van der Waals surface area contributed by atoms with Crippen molar-refractivity contribution in [2.45, 2.75) is 13.8 Å². The Morgan fingerprint density at radius 1 is 1.37 bits per heavy atom. The van der Waals surface area contributed by atoms with Crippen LogP contribution in [0.2, 0.25) is 5.02 Å². The fourth-order valence-electron chi connectivity index (χ4n) is 1.73. The SMILES string of the molecule is Cc1cccc(Cl)c1/C=C/c1onc(C)c1[N+](=O)[O-]. The third kappa shape index (κ3) is 2.66. The van der Waals surface area contributed by atoms with Crippen molar-refractivity contribution in [2.24, 2.45) is 0 Å². The molecule has 6 heteroatoms. The summed E-state index contributed by atoms with van der Waals surface area (Å²) in [5, 5.41) is 15.1. The zero-order valence-corrected chi connectivity index (χ0v) is 11.1. The number of nitrogens with zero attached hydrogens (tertiary/aromatic N) is 2. The van der Waals surface area contributed by atoms with E-state index in [1.54, 1.807) is 12.1 Å². The molecular weight excluding hydrogens is 268 g/mol. The lowest BCUT2D eigenvalue weighted by Crippen LogP contribution is -1.90. The molecule has 1 aromatic carbocycles. The first-order valence-electron chi connectivity index (χ1n) is 5.54. The molecule has 2 rings (SSSR count). The van der Waals surface area contributed by atoms with Gasteiger partial charge in [0.05, 0.1) is 4.92 Å². The van der Waals surface area contributed by atoms with E-state index in [2.05, 4.69) is 5.16 Å². The minimum Gasteiger partial charge on any atom is -0.349 e. The minimum absolute atomic E-state index is 0.113. The van der Waals surface area contributed by atoms with Crippen LogP contribution in [-0.2, 0) is 0 Å². The van der Waals surface area contributed by atoms with Crippen LogP contribution in [-0.4, -0.2) is 10.1 Å². The lowest BCUT2D eigenvalue weighted by Gasteiger charge is -2.01. The number of rotatable bonds is 3. The zero-order valence-electron chi connectivity index (χ0n) is 10.4. The highest BCUT2D eigenvalue weighted by Crippen LogP contribution is 2.27. The molecule has 1 aromatic heterocycles. The fraction of sp³-hybridized carbons (Fsp3) is 0.154. The molecule has 5 nitrogen and oxygen atoms in total. The largest absolute Gasteiger partial charge is 0.349 e. The Kier molecular flexibility index (Phi) is 3.66. The van der Waals surface area contributed by atoms with Crippen LogP contribution in [0.3, 0.4) is 0 Å². The molecule has 19 heavy (non-hydrogen) atoms. The number of halogens is 1. The van der Waals surface area contributed by atoms with E-state index in [1.165, 1.54) is 13.0 Å². The van der Waals surface area contributed by atoms with Crippen LogP contribution >= 0.6 is 11.6 Å².